The third-order valence-electron chi connectivity index (χ3n) is 11.2. The fourth-order valence-corrected chi connectivity index (χ4v) is 8.64. The molecular formula is C51H31N5O. The molecule has 4 heterocycles. The van der Waals surface area contributed by atoms with Crippen LogP contribution in [0.5, 0.6) is 0 Å². The van der Waals surface area contributed by atoms with Crippen molar-refractivity contribution in [3.8, 4) is 45.5 Å². The molecule has 0 fully saturated rings. The van der Waals surface area contributed by atoms with Crippen molar-refractivity contribution in [3.63, 3.8) is 0 Å². The Hall–Kier alpha value is -7.83. The van der Waals surface area contributed by atoms with Gasteiger partial charge < -0.3 is 4.42 Å². The quantitative estimate of drug-likeness (QED) is 0.177. The molecule has 12 aromatic rings. The van der Waals surface area contributed by atoms with E-state index in [0.717, 1.165) is 93.4 Å². The Kier molecular flexibility index (Phi) is 6.83. The molecule has 0 spiro atoms. The lowest BCUT2D eigenvalue weighted by Crippen LogP contribution is -2.10. The van der Waals surface area contributed by atoms with E-state index in [-0.39, 0.29) is 0 Å². The molecule has 0 bridgehead atoms. The number of hydrogen-bond donors (Lipinski definition) is 0. The summed E-state index contributed by atoms with van der Waals surface area (Å²) in [7, 11) is 0. The molecule has 0 radical (unpaired) electrons. The number of benzene rings is 8. The number of para-hydroxylation sites is 6. The molecule has 0 amide bonds. The van der Waals surface area contributed by atoms with Crippen molar-refractivity contribution in [1.82, 2.24) is 24.1 Å². The van der Waals surface area contributed by atoms with E-state index in [2.05, 4.69) is 185 Å². The minimum atomic E-state index is 0.556. The lowest BCUT2D eigenvalue weighted by atomic mass is 9.97. The van der Waals surface area contributed by atoms with Crippen LogP contribution in [-0.2, 0) is 0 Å². The summed E-state index contributed by atoms with van der Waals surface area (Å²) in [6.45, 7) is 0. The summed E-state index contributed by atoms with van der Waals surface area (Å²) in [6.07, 6.45) is 0. The highest BCUT2D eigenvalue weighted by Crippen LogP contribution is 2.38. The van der Waals surface area contributed by atoms with Crippen LogP contribution in [0, 0.1) is 0 Å². The summed E-state index contributed by atoms with van der Waals surface area (Å²) in [4.78, 5) is 15.9. The molecule has 0 aliphatic heterocycles. The van der Waals surface area contributed by atoms with Gasteiger partial charge in [-0.2, -0.15) is 15.0 Å². The monoisotopic (exact) mass is 729 g/mol. The van der Waals surface area contributed by atoms with Crippen molar-refractivity contribution in [2.45, 2.75) is 0 Å². The molecule has 8 aromatic carbocycles. The van der Waals surface area contributed by atoms with E-state index in [1.54, 1.807) is 0 Å². The Balaban J connectivity index is 1.06. The average Bonchev–Trinajstić information content (AvgIpc) is 3.94. The highest BCUT2D eigenvalue weighted by molar-refractivity contribution is 6.11. The largest absolute Gasteiger partial charge is 0.455 e. The maximum Gasteiger partial charge on any atom is 0.240 e. The first kappa shape index (κ1) is 31.5. The number of furan rings is 1. The standard InChI is InChI=1S/C51H31N5O/c1-6-25-43-37(18-1)38-19-2-7-26-44(38)55(43)50-52-49(53-51(54-50)56-45-27-8-3-20-39(45)40-21-4-9-28-46(40)56)35-17-12-15-33(31-35)32-14-11-16-34(30-32)36-23-13-24-42-41-22-5-10-29-47(41)57-48(36)42/h1-31H. The predicted molar refractivity (Wildman–Crippen MR) is 232 cm³/mol. The zero-order valence-electron chi connectivity index (χ0n) is 30.5. The Morgan fingerprint density at radius 1 is 0.333 bits per heavy atom. The molecule has 57 heavy (non-hydrogen) atoms. The lowest BCUT2D eigenvalue weighted by Gasteiger charge is -2.13. The molecule has 6 heteroatoms. The zero-order chi connectivity index (χ0) is 37.5. The first-order chi connectivity index (χ1) is 28.3. The van der Waals surface area contributed by atoms with Gasteiger partial charge >= 0.3 is 0 Å². The van der Waals surface area contributed by atoms with Crippen molar-refractivity contribution in [2.75, 3.05) is 0 Å². The van der Waals surface area contributed by atoms with E-state index >= 15 is 0 Å². The molecule has 0 saturated heterocycles. The van der Waals surface area contributed by atoms with E-state index in [9.17, 15) is 0 Å². The predicted octanol–water partition coefficient (Wildman–Crippen LogP) is 13.0. The van der Waals surface area contributed by atoms with Gasteiger partial charge in [0.2, 0.25) is 11.9 Å². The summed E-state index contributed by atoms with van der Waals surface area (Å²) in [5, 5.41) is 6.82. The highest BCUT2D eigenvalue weighted by atomic mass is 16.3. The van der Waals surface area contributed by atoms with Gasteiger partial charge in [-0.15, -0.1) is 0 Å². The van der Waals surface area contributed by atoms with E-state index in [1.165, 1.54) is 0 Å². The third-order valence-corrected chi connectivity index (χ3v) is 11.2. The fourth-order valence-electron chi connectivity index (χ4n) is 8.64. The molecule has 0 atom stereocenters. The summed E-state index contributed by atoms with van der Waals surface area (Å²) in [5.74, 6) is 1.70. The fraction of sp³-hybridized carbons (Fsp3) is 0. The molecule has 0 N–H and O–H groups in total. The van der Waals surface area contributed by atoms with Gasteiger partial charge in [-0.05, 0) is 59.2 Å². The van der Waals surface area contributed by atoms with Crippen LogP contribution < -0.4 is 0 Å². The van der Waals surface area contributed by atoms with Crippen molar-refractivity contribution < 1.29 is 4.42 Å². The van der Waals surface area contributed by atoms with Crippen molar-refractivity contribution in [1.29, 1.82) is 0 Å². The number of hydrogen-bond acceptors (Lipinski definition) is 4. The maximum absolute atomic E-state index is 6.42. The van der Waals surface area contributed by atoms with Gasteiger partial charge in [-0.3, -0.25) is 9.13 Å². The van der Waals surface area contributed by atoms with E-state index in [1.807, 2.05) is 12.1 Å². The topological polar surface area (TPSA) is 61.7 Å². The summed E-state index contributed by atoms with van der Waals surface area (Å²) >= 11 is 0. The Morgan fingerprint density at radius 2 is 0.754 bits per heavy atom. The highest BCUT2D eigenvalue weighted by Gasteiger charge is 2.21. The second-order valence-electron chi connectivity index (χ2n) is 14.4. The average molecular weight is 730 g/mol. The Labute approximate surface area is 326 Å². The summed E-state index contributed by atoms with van der Waals surface area (Å²) < 4.78 is 10.8. The normalized spacial score (nSPS) is 11.9. The Morgan fingerprint density at radius 3 is 1.32 bits per heavy atom. The van der Waals surface area contributed by atoms with Crippen LogP contribution >= 0.6 is 0 Å². The minimum Gasteiger partial charge on any atom is -0.455 e. The number of fused-ring (bicyclic) bond motifs is 9. The van der Waals surface area contributed by atoms with Crippen molar-refractivity contribution in [3.05, 3.63) is 188 Å². The van der Waals surface area contributed by atoms with Crippen LogP contribution in [0.4, 0.5) is 0 Å². The second-order valence-corrected chi connectivity index (χ2v) is 14.4. The molecule has 0 aliphatic carbocycles. The number of rotatable bonds is 5. The van der Waals surface area contributed by atoms with Crippen LogP contribution in [0.1, 0.15) is 0 Å². The first-order valence-corrected chi connectivity index (χ1v) is 19.1. The minimum absolute atomic E-state index is 0.556. The van der Waals surface area contributed by atoms with E-state index in [4.69, 9.17) is 19.4 Å². The van der Waals surface area contributed by atoms with Crippen LogP contribution in [0.15, 0.2) is 192 Å². The molecule has 12 rings (SSSR count). The van der Waals surface area contributed by atoms with Crippen molar-refractivity contribution in [2.24, 2.45) is 0 Å². The molecule has 266 valence electrons. The third kappa shape index (κ3) is 4.87. The van der Waals surface area contributed by atoms with Gasteiger partial charge in [0.05, 0.1) is 22.1 Å². The molecule has 0 saturated carbocycles. The van der Waals surface area contributed by atoms with Gasteiger partial charge in [-0.25, -0.2) is 0 Å². The van der Waals surface area contributed by atoms with Crippen LogP contribution in [0.3, 0.4) is 0 Å². The van der Waals surface area contributed by atoms with Crippen LogP contribution in [0.25, 0.3) is 111 Å². The van der Waals surface area contributed by atoms with Gasteiger partial charge in [0.15, 0.2) is 5.82 Å². The number of nitrogens with zero attached hydrogens (tertiary/aromatic N) is 5. The Bertz CT molecular complexity index is 3310. The van der Waals surface area contributed by atoms with E-state index < -0.39 is 0 Å². The molecule has 4 aromatic heterocycles. The molecule has 0 aliphatic rings. The van der Waals surface area contributed by atoms with E-state index in [0.29, 0.717) is 17.7 Å². The second kappa shape index (κ2) is 12.3. The summed E-state index contributed by atoms with van der Waals surface area (Å²) in [5.41, 5.74) is 11.1. The molecule has 0 unspecified atom stereocenters. The lowest BCUT2D eigenvalue weighted by molar-refractivity contribution is 0.670. The van der Waals surface area contributed by atoms with Gasteiger partial charge in [0.25, 0.3) is 0 Å². The smallest absolute Gasteiger partial charge is 0.240 e. The summed E-state index contributed by atoms with van der Waals surface area (Å²) in [6, 6.07) is 65.6. The van der Waals surface area contributed by atoms with Gasteiger partial charge in [0.1, 0.15) is 11.2 Å². The zero-order valence-corrected chi connectivity index (χ0v) is 30.5. The SMILES string of the molecule is c1cc(-c2cccc(-c3cccc4c3oc3ccccc34)c2)cc(-c2nc(-n3c4ccccc4c4ccccc43)nc(-n3c4ccccc4c4ccccc43)n2)c1. The molecular weight excluding hydrogens is 699 g/mol. The van der Waals surface area contributed by atoms with Gasteiger partial charge in [0, 0.05) is 43.4 Å². The van der Waals surface area contributed by atoms with Crippen molar-refractivity contribution >= 4 is 65.6 Å². The van der Waals surface area contributed by atoms with Crippen LogP contribution in [-0.4, -0.2) is 24.1 Å². The van der Waals surface area contributed by atoms with Crippen LogP contribution in [0.2, 0.25) is 0 Å². The maximum atomic E-state index is 6.42. The molecule has 6 nitrogen and oxygen atoms in total. The van der Waals surface area contributed by atoms with Gasteiger partial charge in [-0.1, -0.05) is 146 Å². The first-order valence-electron chi connectivity index (χ1n) is 19.1. The number of aromatic nitrogens is 5.